The molecule has 2 saturated heterocycles. The average Bonchev–Trinajstić information content (AvgIpc) is 3.17. The lowest BCUT2D eigenvalue weighted by atomic mass is 9.78. The smallest absolute Gasteiger partial charge is 0.263 e. The van der Waals surface area contributed by atoms with Crippen LogP contribution in [0.4, 0.5) is 0 Å². The Bertz CT molecular complexity index is 757. The van der Waals surface area contributed by atoms with Crippen LogP contribution < -0.4 is 10.1 Å². The predicted octanol–water partition coefficient (Wildman–Crippen LogP) is 3.72. The molecule has 4 nitrogen and oxygen atoms in total. The lowest BCUT2D eigenvalue weighted by Crippen LogP contribution is -2.48. The van der Waals surface area contributed by atoms with Crippen LogP contribution in [-0.4, -0.2) is 43.1 Å². The summed E-state index contributed by atoms with van der Waals surface area (Å²) in [4.78, 5) is 14.8. The molecule has 1 N–H and O–H groups in total. The summed E-state index contributed by atoms with van der Waals surface area (Å²) in [7, 11) is 0. The lowest BCUT2D eigenvalue weighted by Gasteiger charge is -2.39. The fourth-order valence-electron chi connectivity index (χ4n) is 4.29. The van der Waals surface area contributed by atoms with Crippen LogP contribution >= 0.6 is 0 Å². The fraction of sp³-hybridized carbons (Fsp3) is 0.435. The van der Waals surface area contributed by atoms with Crippen LogP contribution in [0.5, 0.6) is 5.75 Å². The molecule has 2 fully saturated rings. The van der Waals surface area contributed by atoms with Crippen molar-refractivity contribution in [3.05, 3.63) is 54.6 Å². The Morgan fingerprint density at radius 3 is 2.30 bits per heavy atom. The summed E-state index contributed by atoms with van der Waals surface area (Å²) in [5, 5.41) is 3.47. The lowest BCUT2D eigenvalue weighted by molar-refractivity contribution is -0.140. The van der Waals surface area contributed by atoms with E-state index in [4.69, 9.17) is 4.74 Å². The SMILES string of the molecule is CC(Oc1ccc(-c2ccccc2)cc1)C(=O)N1CCC2(CCNC2)CC1. The van der Waals surface area contributed by atoms with Gasteiger partial charge in [0.1, 0.15) is 5.75 Å². The number of hydrogen-bond donors (Lipinski definition) is 1. The molecular formula is C23H28N2O2. The van der Waals surface area contributed by atoms with Gasteiger partial charge in [-0.05, 0) is 61.4 Å². The molecule has 142 valence electrons. The van der Waals surface area contributed by atoms with Gasteiger partial charge in [0.15, 0.2) is 6.10 Å². The van der Waals surface area contributed by atoms with Crippen molar-refractivity contribution in [2.45, 2.75) is 32.3 Å². The molecule has 4 heteroatoms. The fourth-order valence-corrected chi connectivity index (χ4v) is 4.29. The van der Waals surface area contributed by atoms with Crippen molar-refractivity contribution in [1.29, 1.82) is 0 Å². The molecule has 0 radical (unpaired) electrons. The van der Waals surface area contributed by atoms with E-state index in [9.17, 15) is 4.79 Å². The number of carbonyl (C=O) groups is 1. The zero-order valence-electron chi connectivity index (χ0n) is 16.0. The number of ether oxygens (including phenoxy) is 1. The van der Waals surface area contributed by atoms with Gasteiger partial charge in [0, 0.05) is 19.6 Å². The molecule has 2 heterocycles. The Hall–Kier alpha value is -2.33. The zero-order chi connectivity index (χ0) is 18.7. The van der Waals surface area contributed by atoms with Crippen molar-refractivity contribution in [2.75, 3.05) is 26.2 Å². The number of hydrogen-bond acceptors (Lipinski definition) is 3. The summed E-state index contributed by atoms with van der Waals surface area (Å²) in [6.45, 7) is 5.78. The molecule has 2 aromatic carbocycles. The molecule has 4 rings (SSSR count). The molecule has 0 aromatic heterocycles. The molecule has 1 atom stereocenters. The summed E-state index contributed by atoms with van der Waals surface area (Å²) < 4.78 is 5.93. The third kappa shape index (κ3) is 4.01. The molecule has 1 amide bonds. The minimum absolute atomic E-state index is 0.0999. The second-order valence-electron chi connectivity index (χ2n) is 7.90. The maximum atomic E-state index is 12.8. The van der Waals surface area contributed by atoms with E-state index in [1.165, 1.54) is 12.0 Å². The van der Waals surface area contributed by atoms with Crippen molar-refractivity contribution in [1.82, 2.24) is 10.2 Å². The first-order valence-corrected chi connectivity index (χ1v) is 9.97. The summed E-state index contributed by atoms with van der Waals surface area (Å²) in [5.41, 5.74) is 2.75. The number of carbonyl (C=O) groups excluding carboxylic acids is 1. The Labute approximate surface area is 161 Å². The maximum Gasteiger partial charge on any atom is 0.263 e. The van der Waals surface area contributed by atoms with E-state index in [1.807, 2.05) is 54.3 Å². The highest BCUT2D eigenvalue weighted by atomic mass is 16.5. The van der Waals surface area contributed by atoms with Crippen LogP contribution in [0.1, 0.15) is 26.2 Å². The van der Waals surface area contributed by atoms with Gasteiger partial charge < -0.3 is 15.0 Å². The number of piperidine rings is 1. The van der Waals surface area contributed by atoms with E-state index in [-0.39, 0.29) is 5.91 Å². The van der Waals surface area contributed by atoms with Gasteiger partial charge in [-0.25, -0.2) is 0 Å². The average molecular weight is 364 g/mol. The van der Waals surface area contributed by atoms with Crippen molar-refractivity contribution in [3.63, 3.8) is 0 Å². The van der Waals surface area contributed by atoms with E-state index >= 15 is 0 Å². The quantitative estimate of drug-likeness (QED) is 0.899. The van der Waals surface area contributed by atoms with E-state index < -0.39 is 6.10 Å². The number of nitrogens with zero attached hydrogens (tertiary/aromatic N) is 1. The molecule has 0 saturated carbocycles. The van der Waals surface area contributed by atoms with Crippen LogP contribution in [0.3, 0.4) is 0 Å². The van der Waals surface area contributed by atoms with E-state index in [0.29, 0.717) is 5.41 Å². The largest absolute Gasteiger partial charge is 0.481 e. The van der Waals surface area contributed by atoms with Crippen molar-refractivity contribution in [2.24, 2.45) is 5.41 Å². The minimum Gasteiger partial charge on any atom is -0.481 e. The second-order valence-corrected chi connectivity index (χ2v) is 7.90. The molecule has 0 bridgehead atoms. The summed E-state index contributed by atoms with van der Waals surface area (Å²) in [6.07, 6.45) is 2.99. The molecule has 27 heavy (non-hydrogen) atoms. The van der Waals surface area contributed by atoms with E-state index in [2.05, 4.69) is 17.4 Å². The van der Waals surface area contributed by atoms with Gasteiger partial charge in [-0.2, -0.15) is 0 Å². The monoisotopic (exact) mass is 364 g/mol. The molecular weight excluding hydrogens is 336 g/mol. The highest BCUT2D eigenvalue weighted by molar-refractivity contribution is 5.81. The zero-order valence-corrected chi connectivity index (χ0v) is 16.0. The maximum absolute atomic E-state index is 12.8. The first kappa shape index (κ1) is 18.1. The standard InChI is InChI=1S/C23H28N2O2/c1-18(22(26)25-15-12-23(13-16-25)11-14-24-17-23)27-21-9-7-20(8-10-21)19-5-3-2-4-6-19/h2-10,18,24H,11-17H2,1H3. The van der Waals surface area contributed by atoms with Gasteiger partial charge in [0.2, 0.25) is 0 Å². The van der Waals surface area contributed by atoms with Crippen molar-refractivity contribution in [3.8, 4) is 16.9 Å². The number of rotatable bonds is 4. The van der Waals surface area contributed by atoms with Crippen molar-refractivity contribution < 1.29 is 9.53 Å². The summed E-state index contributed by atoms with van der Waals surface area (Å²) in [5.74, 6) is 0.840. The Morgan fingerprint density at radius 1 is 1.00 bits per heavy atom. The van der Waals surface area contributed by atoms with Crippen LogP contribution in [0.2, 0.25) is 0 Å². The van der Waals surface area contributed by atoms with E-state index in [1.54, 1.807) is 0 Å². The van der Waals surface area contributed by atoms with Gasteiger partial charge in [0.25, 0.3) is 5.91 Å². The highest BCUT2D eigenvalue weighted by Gasteiger charge is 2.38. The Balaban J connectivity index is 1.33. The van der Waals surface area contributed by atoms with Crippen LogP contribution in [0.15, 0.2) is 54.6 Å². The number of benzene rings is 2. The number of likely N-dealkylation sites (tertiary alicyclic amines) is 1. The third-order valence-electron chi connectivity index (χ3n) is 6.09. The first-order chi connectivity index (χ1) is 13.2. The van der Waals surface area contributed by atoms with Crippen molar-refractivity contribution >= 4 is 5.91 Å². The first-order valence-electron chi connectivity index (χ1n) is 9.97. The normalized spacial score (nSPS) is 19.8. The molecule has 2 aliphatic rings. The van der Waals surface area contributed by atoms with Gasteiger partial charge in [-0.15, -0.1) is 0 Å². The molecule has 0 aliphatic carbocycles. The molecule has 1 unspecified atom stereocenters. The van der Waals surface area contributed by atoms with Crippen LogP contribution in [-0.2, 0) is 4.79 Å². The Kier molecular flexibility index (Phi) is 5.17. The van der Waals surface area contributed by atoms with Gasteiger partial charge in [0.05, 0.1) is 0 Å². The molecule has 2 aliphatic heterocycles. The number of amides is 1. The van der Waals surface area contributed by atoms with E-state index in [0.717, 1.165) is 50.3 Å². The second kappa shape index (κ2) is 7.73. The predicted molar refractivity (Wildman–Crippen MR) is 108 cm³/mol. The molecule has 2 aromatic rings. The van der Waals surface area contributed by atoms with Gasteiger partial charge in [-0.3, -0.25) is 4.79 Å². The number of nitrogens with one attached hydrogen (secondary N) is 1. The van der Waals surface area contributed by atoms with Crippen LogP contribution in [0, 0.1) is 5.41 Å². The Morgan fingerprint density at radius 2 is 1.67 bits per heavy atom. The summed E-state index contributed by atoms with van der Waals surface area (Å²) >= 11 is 0. The van der Waals surface area contributed by atoms with Gasteiger partial charge >= 0.3 is 0 Å². The van der Waals surface area contributed by atoms with Crippen LogP contribution in [0.25, 0.3) is 11.1 Å². The summed E-state index contributed by atoms with van der Waals surface area (Å²) in [6, 6.07) is 18.2. The molecule has 1 spiro atoms. The topological polar surface area (TPSA) is 41.6 Å². The third-order valence-corrected chi connectivity index (χ3v) is 6.09. The van der Waals surface area contributed by atoms with Gasteiger partial charge in [-0.1, -0.05) is 42.5 Å². The highest BCUT2D eigenvalue weighted by Crippen LogP contribution is 2.37. The minimum atomic E-state index is -0.455.